The molecule has 1 heterocycles. The molecule has 24 heavy (non-hydrogen) atoms. The Balaban J connectivity index is 1.49. The predicted molar refractivity (Wildman–Crippen MR) is 95.1 cm³/mol. The van der Waals surface area contributed by atoms with Crippen LogP contribution in [0.3, 0.4) is 0 Å². The number of halogens is 2. The lowest BCUT2D eigenvalue weighted by Crippen LogP contribution is -2.50. The predicted octanol–water partition coefficient (Wildman–Crippen LogP) is 3.24. The van der Waals surface area contributed by atoms with Crippen molar-refractivity contribution in [3.63, 3.8) is 0 Å². The molecule has 0 radical (unpaired) electrons. The highest BCUT2D eigenvalue weighted by Crippen LogP contribution is 2.17. The van der Waals surface area contributed by atoms with Crippen LogP contribution in [-0.2, 0) is 4.79 Å². The van der Waals surface area contributed by atoms with Crippen molar-refractivity contribution in [1.82, 2.24) is 4.90 Å². The van der Waals surface area contributed by atoms with Crippen LogP contribution in [0.25, 0.3) is 0 Å². The average molecular weight is 348 g/mol. The second-order valence-electron chi connectivity index (χ2n) is 5.71. The molecule has 126 valence electrons. The molecular weight excluding hydrogens is 329 g/mol. The van der Waals surface area contributed by atoms with E-state index in [9.17, 15) is 9.18 Å². The molecule has 0 spiro atoms. The van der Waals surface area contributed by atoms with Gasteiger partial charge in [0.1, 0.15) is 5.82 Å². The maximum Gasteiger partial charge on any atom is 0.241 e. The van der Waals surface area contributed by atoms with E-state index in [1.807, 2.05) is 17.0 Å². The number of rotatable bonds is 4. The van der Waals surface area contributed by atoms with Crippen LogP contribution in [0, 0.1) is 5.82 Å². The molecule has 1 N–H and O–H groups in total. The fourth-order valence-electron chi connectivity index (χ4n) is 2.75. The number of anilines is 2. The second kappa shape index (κ2) is 7.53. The van der Waals surface area contributed by atoms with Crippen molar-refractivity contribution in [1.29, 1.82) is 0 Å². The van der Waals surface area contributed by atoms with E-state index in [1.54, 1.807) is 24.3 Å². The third kappa shape index (κ3) is 4.17. The van der Waals surface area contributed by atoms with Crippen LogP contribution in [0.4, 0.5) is 15.8 Å². The van der Waals surface area contributed by atoms with Crippen molar-refractivity contribution in [2.75, 3.05) is 42.9 Å². The van der Waals surface area contributed by atoms with Crippen molar-refractivity contribution < 1.29 is 9.18 Å². The van der Waals surface area contributed by atoms with Crippen molar-refractivity contribution in [2.24, 2.45) is 0 Å². The lowest BCUT2D eigenvalue weighted by molar-refractivity contribution is -0.129. The topological polar surface area (TPSA) is 35.6 Å². The normalized spacial score (nSPS) is 14.6. The van der Waals surface area contributed by atoms with Gasteiger partial charge in [-0.3, -0.25) is 4.79 Å². The van der Waals surface area contributed by atoms with E-state index in [0.29, 0.717) is 18.1 Å². The molecule has 0 atom stereocenters. The molecule has 3 rings (SSSR count). The average Bonchev–Trinajstić information content (AvgIpc) is 2.61. The van der Waals surface area contributed by atoms with Gasteiger partial charge in [0.2, 0.25) is 5.91 Å². The number of amides is 1. The number of piperazine rings is 1. The fraction of sp³-hybridized carbons (Fsp3) is 0.278. The summed E-state index contributed by atoms with van der Waals surface area (Å²) in [4.78, 5) is 16.3. The zero-order valence-electron chi connectivity index (χ0n) is 13.2. The van der Waals surface area contributed by atoms with Gasteiger partial charge in [0, 0.05) is 42.6 Å². The summed E-state index contributed by atoms with van der Waals surface area (Å²) in [6.45, 7) is 3.06. The summed E-state index contributed by atoms with van der Waals surface area (Å²) in [6, 6.07) is 13.8. The van der Waals surface area contributed by atoms with Gasteiger partial charge in [-0.2, -0.15) is 0 Å². The second-order valence-corrected chi connectivity index (χ2v) is 6.14. The lowest BCUT2D eigenvalue weighted by atomic mass is 10.2. The molecule has 4 nitrogen and oxygen atoms in total. The third-order valence-corrected chi connectivity index (χ3v) is 4.33. The van der Waals surface area contributed by atoms with E-state index >= 15 is 0 Å². The highest BCUT2D eigenvalue weighted by atomic mass is 35.5. The first-order valence-corrected chi connectivity index (χ1v) is 8.27. The van der Waals surface area contributed by atoms with Gasteiger partial charge >= 0.3 is 0 Å². The Labute approximate surface area is 145 Å². The van der Waals surface area contributed by atoms with Crippen molar-refractivity contribution in [3.05, 3.63) is 59.4 Å². The van der Waals surface area contributed by atoms with Crippen LogP contribution in [-0.4, -0.2) is 43.5 Å². The van der Waals surface area contributed by atoms with Crippen molar-refractivity contribution in [2.45, 2.75) is 0 Å². The number of hydrogen-bond acceptors (Lipinski definition) is 3. The van der Waals surface area contributed by atoms with Crippen molar-refractivity contribution >= 4 is 28.9 Å². The molecule has 0 aliphatic carbocycles. The first-order chi connectivity index (χ1) is 11.6. The van der Waals surface area contributed by atoms with Crippen molar-refractivity contribution in [3.8, 4) is 0 Å². The number of benzene rings is 2. The molecule has 0 bridgehead atoms. The summed E-state index contributed by atoms with van der Waals surface area (Å²) >= 11 is 5.93. The first-order valence-electron chi connectivity index (χ1n) is 7.89. The lowest BCUT2D eigenvalue weighted by Gasteiger charge is -2.36. The standard InChI is InChI=1S/C18H19ClFN3O/c19-14-2-1-3-16(12-14)21-13-18(24)23-10-8-22(9-11-23)17-6-4-15(20)5-7-17/h1-7,12,21H,8-11,13H2. The molecule has 1 aliphatic heterocycles. The quantitative estimate of drug-likeness (QED) is 0.922. The fourth-order valence-corrected chi connectivity index (χ4v) is 2.94. The SMILES string of the molecule is O=C(CNc1cccc(Cl)c1)N1CCN(c2ccc(F)cc2)CC1. The monoisotopic (exact) mass is 347 g/mol. The van der Waals surface area contributed by atoms with Gasteiger partial charge in [0.15, 0.2) is 0 Å². The summed E-state index contributed by atoms with van der Waals surface area (Å²) in [6.07, 6.45) is 0. The Kier molecular flexibility index (Phi) is 5.20. The highest BCUT2D eigenvalue weighted by molar-refractivity contribution is 6.30. The molecule has 1 amide bonds. The molecule has 1 aliphatic rings. The summed E-state index contributed by atoms with van der Waals surface area (Å²) in [5.74, 6) is -0.173. The Bertz CT molecular complexity index is 700. The van der Waals surface area contributed by atoms with Crippen LogP contribution in [0.2, 0.25) is 5.02 Å². The third-order valence-electron chi connectivity index (χ3n) is 4.09. The van der Waals surface area contributed by atoms with E-state index in [0.717, 1.165) is 24.5 Å². The largest absolute Gasteiger partial charge is 0.376 e. The number of nitrogens with one attached hydrogen (secondary N) is 1. The minimum Gasteiger partial charge on any atom is -0.376 e. The van der Waals surface area contributed by atoms with E-state index in [1.165, 1.54) is 12.1 Å². The molecule has 0 aromatic heterocycles. The van der Waals surface area contributed by atoms with Crippen LogP contribution in [0.5, 0.6) is 0 Å². The summed E-state index contributed by atoms with van der Waals surface area (Å²) < 4.78 is 13.0. The maximum atomic E-state index is 13.0. The molecule has 2 aromatic carbocycles. The van der Waals surface area contributed by atoms with Gasteiger partial charge < -0.3 is 15.1 Å². The summed E-state index contributed by atoms with van der Waals surface area (Å²) in [5.41, 5.74) is 1.82. The summed E-state index contributed by atoms with van der Waals surface area (Å²) in [5, 5.41) is 3.74. The van der Waals surface area contributed by atoms with Crippen LogP contribution in [0.15, 0.2) is 48.5 Å². The Morgan fingerprint density at radius 3 is 2.46 bits per heavy atom. The molecular formula is C18H19ClFN3O. The zero-order valence-corrected chi connectivity index (χ0v) is 14.0. The van der Waals surface area contributed by atoms with E-state index < -0.39 is 0 Å². The van der Waals surface area contributed by atoms with Gasteiger partial charge in [-0.1, -0.05) is 17.7 Å². The zero-order chi connectivity index (χ0) is 16.9. The number of carbonyl (C=O) groups excluding carboxylic acids is 1. The van der Waals surface area contributed by atoms with E-state index in [2.05, 4.69) is 10.2 Å². The molecule has 0 saturated carbocycles. The van der Waals surface area contributed by atoms with Crippen LogP contribution in [0.1, 0.15) is 0 Å². The van der Waals surface area contributed by atoms with E-state index in [-0.39, 0.29) is 18.3 Å². The first kappa shape index (κ1) is 16.6. The Morgan fingerprint density at radius 1 is 1.08 bits per heavy atom. The number of hydrogen-bond donors (Lipinski definition) is 1. The Morgan fingerprint density at radius 2 is 1.79 bits per heavy atom. The van der Waals surface area contributed by atoms with Gasteiger partial charge in [0.05, 0.1) is 6.54 Å². The Hall–Kier alpha value is -2.27. The van der Waals surface area contributed by atoms with Gasteiger partial charge in [0.25, 0.3) is 0 Å². The molecule has 0 unspecified atom stereocenters. The van der Waals surface area contributed by atoms with Crippen LogP contribution < -0.4 is 10.2 Å². The highest BCUT2D eigenvalue weighted by Gasteiger charge is 2.21. The molecule has 1 fully saturated rings. The van der Waals surface area contributed by atoms with Gasteiger partial charge in [-0.15, -0.1) is 0 Å². The number of nitrogens with zero attached hydrogens (tertiary/aromatic N) is 2. The smallest absolute Gasteiger partial charge is 0.241 e. The molecule has 6 heteroatoms. The minimum atomic E-state index is -0.236. The minimum absolute atomic E-state index is 0.0636. The molecule has 1 saturated heterocycles. The summed E-state index contributed by atoms with van der Waals surface area (Å²) in [7, 11) is 0. The number of carbonyl (C=O) groups is 1. The molecule has 2 aromatic rings. The maximum absolute atomic E-state index is 13.0. The van der Waals surface area contributed by atoms with E-state index in [4.69, 9.17) is 11.6 Å². The van der Waals surface area contributed by atoms with Gasteiger partial charge in [-0.05, 0) is 42.5 Å². The van der Waals surface area contributed by atoms with Crippen LogP contribution >= 0.6 is 11.6 Å². The van der Waals surface area contributed by atoms with Gasteiger partial charge in [-0.25, -0.2) is 4.39 Å².